The molecular weight excluding hydrogens is 213 g/mol. The molecule has 0 spiro atoms. The van der Waals surface area contributed by atoms with Gasteiger partial charge in [-0.25, -0.2) is 0 Å². The number of halogens is 3. The van der Waals surface area contributed by atoms with Crippen LogP contribution in [0.1, 0.15) is 31.9 Å². The third kappa shape index (κ3) is 5.19. The van der Waals surface area contributed by atoms with E-state index in [1.807, 2.05) is 0 Å². The third-order valence-electron chi connectivity index (χ3n) is 2.16. The summed E-state index contributed by atoms with van der Waals surface area (Å²) in [5.41, 5.74) is 1.56. The average Bonchev–Trinajstić information content (AvgIpc) is 2.03. The minimum Gasteiger partial charge on any atom is -0.171 e. The second-order valence-corrected chi connectivity index (χ2v) is 5.35. The molecule has 0 N–H and O–H groups in total. The van der Waals surface area contributed by atoms with E-state index in [1.54, 1.807) is 24.3 Å². The van der Waals surface area contributed by atoms with Gasteiger partial charge >= 0.3 is 6.18 Å². The second-order valence-electron chi connectivity index (χ2n) is 5.35. The van der Waals surface area contributed by atoms with E-state index in [9.17, 15) is 13.2 Å². The Morgan fingerprint density at radius 3 is 1.50 bits per heavy atom. The van der Waals surface area contributed by atoms with Crippen molar-refractivity contribution < 1.29 is 13.2 Å². The van der Waals surface area contributed by atoms with E-state index in [0.717, 1.165) is 12.0 Å². The lowest BCUT2D eigenvalue weighted by Gasteiger charge is -2.18. The minimum atomic E-state index is -4.12. The zero-order valence-electron chi connectivity index (χ0n) is 9.86. The Morgan fingerprint density at radius 1 is 0.812 bits per heavy atom. The molecule has 0 saturated heterocycles. The van der Waals surface area contributed by atoms with Crippen LogP contribution in [0.2, 0.25) is 0 Å². The maximum absolute atomic E-state index is 12.1. The molecule has 0 atom stereocenters. The van der Waals surface area contributed by atoms with E-state index in [2.05, 4.69) is 20.8 Å². The fourth-order valence-corrected chi connectivity index (χ4v) is 1.62. The summed E-state index contributed by atoms with van der Waals surface area (Å²) in [6.45, 7) is 6.32. The molecule has 0 nitrogen and oxygen atoms in total. The lowest BCUT2D eigenvalue weighted by atomic mass is 9.88. The molecule has 90 valence electrons. The highest BCUT2D eigenvalue weighted by Gasteiger charge is 2.27. The Kier molecular flexibility index (Phi) is 3.66. The SMILES string of the molecule is CC(C)(C)Cc1ccc(CC(F)(F)F)cc1. The van der Waals surface area contributed by atoms with Gasteiger partial charge in [-0.2, -0.15) is 13.2 Å². The van der Waals surface area contributed by atoms with Gasteiger partial charge in [-0.05, 0) is 23.0 Å². The molecule has 0 aliphatic heterocycles. The van der Waals surface area contributed by atoms with E-state index in [1.165, 1.54) is 0 Å². The molecule has 0 amide bonds. The molecular formula is C13H17F3. The van der Waals surface area contributed by atoms with Crippen molar-refractivity contribution in [1.29, 1.82) is 0 Å². The van der Waals surface area contributed by atoms with E-state index >= 15 is 0 Å². The molecule has 0 radical (unpaired) electrons. The molecule has 0 aliphatic rings. The number of rotatable bonds is 2. The van der Waals surface area contributed by atoms with Crippen molar-refractivity contribution in [3.63, 3.8) is 0 Å². The quantitative estimate of drug-likeness (QED) is 0.707. The first-order chi connectivity index (χ1) is 7.16. The van der Waals surface area contributed by atoms with E-state index in [4.69, 9.17) is 0 Å². The lowest BCUT2D eigenvalue weighted by Crippen LogP contribution is -2.12. The van der Waals surface area contributed by atoms with Gasteiger partial charge in [0.2, 0.25) is 0 Å². The smallest absolute Gasteiger partial charge is 0.171 e. The Bertz CT molecular complexity index is 293. The van der Waals surface area contributed by atoms with Gasteiger partial charge < -0.3 is 0 Å². The molecule has 0 unspecified atom stereocenters. The van der Waals surface area contributed by atoms with Crippen LogP contribution in [0.25, 0.3) is 0 Å². The highest BCUT2D eigenvalue weighted by Crippen LogP contribution is 2.24. The molecule has 0 saturated carbocycles. The van der Waals surface area contributed by atoms with Crippen molar-refractivity contribution in [2.24, 2.45) is 5.41 Å². The number of alkyl halides is 3. The van der Waals surface area contributed by atoms with Gasteiger partial charge in [0.05, 0.1) is 6.42 Å². The Morgan fingerprint density at radius 2 is 1.19 bits per heavy atom. The predicted molar refractivity (Wildman–Crippen MR) is 59.4 cm³/mol. The van der Waals surface area contributed by atoms with E-state index in [-0.39, 0.29) is 5.41 Å². The Hall–Kier alpha value is -0.990. The van der Waals surface area contributed by atoms with Crippen LogP contribution < -0.4 is 0 Å². The summed E-state index contributed by atoms with van der Waals surface area (Å²) in [6.07, 6.45) is -4.09. The van der Waals surface area contributed by atoms with Gasteiger partial charge in [-0.1, -0.05) is 45.0 Å². The summed E-state index contributed by atoms with van der Waals surface area (Å²) in [4.78, 5) is 0. The van der Waals surface area contributed by atoms with Crippen LogP contribution in [0.4, 0.5) is 13.2 Å². The highest BCUT2D eigenvalue weighted by molar-refractivity contribution is 5.23. The summed E-state index contributed by atoms with van der Waals surface area (Å²) >= 11 is 0. The molecule has 1 aromatic carbocycles. The number of benzene rings is 1. The van der Waals surface area contributed by atoms with Gasteiger partial charge in [0.15, 0.2) is 0 Å². The summed E-state index contributed by atoms with van der Waals surface area (Å²) < 4.78 is 36.3. The zero-order chi connectivity index (χ0) is 12.4. The van der Waals surface area contributed by atoms with Gasteiger partial charge in [0, 0.05) is 0 Å². The molecule has 1 aromatic rings. The molecule has 0 bridgehead atoms. The van der Waals surface area contributed by atoms with Gasteiger partial charge in [-0.3, -0.25) is 0 Å². The largest absolute Gasteiger partial charge is 0.393 e. The molecule has 0 fully saturated rings. The van der Waals surface area contributed by atoms with Gasteiger partial charge in [-0.15, -0.1) is 0 Å². The van der Waals surface area contributed by atoms with Gasteiger partial charge in [0.1, 0.15) is 0 Å². The van der Waals surface area contributed by atoms with Crippen molar-refractivity contribution in [3.05, 3.63) is 35.4 Å². The van der Waals surface area contributed by atoms with Crippen molar-refractivity contribution in [1.82, 2.24) is 0 Å². The molecule has 16 heavy (non-hydrogen) atoms. The summed E-state index contributed by atoms with van der Waals surface area (Å²) in [5.74, 6) is 0. The zero-order valence-corrected chi connectivity index (χ0v) is 9.86. The summed E-state index contributed by atoms with van der Waals surface area (Å²) in [5, 5.41) is 0. The third-order valence-corrected chi connectivity index (χ3v) is 2.16. The van der Waals surface area contributed by atoms with Crippen LogP contribution in [-0.4, -0.2) is 6.18 Å². The fraction of sp³-hybridized carbons (Fsp3) is 0.538. The van der Waals surface area contributed by atoms with Crippen LogP contribution in [-0.2, 0) is 12.8 Å². The topological polar surface area (TPSA) is 0 Å². The molecule has 0 aromatic heterocycles. The summed E-state index contributed by atoms with van der Waals surface area (Å²) in [6, 6.07) is 6.70. The van der Waals surface area contributed by atoms with Crippen LogP contribution in [0, 0.1) is 5.41 Å². The fourth-order valence-electron chi connectivity index (χ4n) is 1.62. The standard InChI is InChI=1S/C13H17F3/c1-12(2,3)8-10-4-6-11(7-5-10)9-13(14,15)16/h4-7H,8-9H2,1-3H3. The molecule has 3 heteroatoms. The minimum absolute atomic E-state index is 0.158. The average molecular weight is 230 g/mol. The first-order valence-corrected chi connectivity index (χ1v) is 5.30. The van der Waals surface area contributed by atoms with E-state index < -0.39 is 12.6 Å². The normalized spacial score (nSPS) is 12.9. The van der Waals surface area contributed by atoms with Crippen molar-refractivity contribution in [3.8, 4) is 0 Å². The van der Waals surface area contributed by atoms with Crippen LogP contribution in [0.3, 0.4) is 0 Å². The van der Waals surface area contributed by atoms with Gasteiger partial charge in [0.25, 0.3) is 0 Å². The monoisotopic (exact) mass is 230 g/mol. The molecule has 0 aliphatic carbocycles. The van der Waals surface area contributed by atoms with Crippen molar-refractivity contribution in [2.45, 2.75) is 39.8 Å². The Balaban J connectivity index is 2.69. The molecule has 0 heterocycles. The lowest BCUT2D eigenvalue weighted by molar-refractivity contribution is -0.127. The predicted octanol–water partition coefficient (Wildman–Crippen LogP) is 4.38. The number of hydrogen-bond acceptors (Lipinski definition) is 0. The number of hydrogen-bond donors (Lipinski definition) is 0. The molecule has 1 rings (SSSR count). The van der Waals surface area contributed by atoms with Crippen LogP contribution in [0.15, 0.2) is 24.3 Å². The maximum atomic E-state index is 12.1. The highest BCUT2D eigenvalue weighted by atomic mass is 19.4. The Labute approximate surface area is 94.5 Å². The van der Waals surface area contributed by atoms with Crippen molar-refractivity contribution >= 4 is 0 Å². The van der Waals surface area contributed by atoms with Crippen LogP contribution >= 0.6 is 0 Å². The first-order valence-electron chi connectivity index (χ1n) is 5.30. The summed E-state index contributed by atoms with van der Waals surface area (Å²) in [7, 11) is 0. The van der Waals surface area contributed by atoms with Crippen molar-refractivity contribution in [2.75, 3.05) is 0 Å². The second kappa shape index (κ2) is 4.48. The maximum Gasteiger partial charge on any atom is 0.393 e. The van der Waals surface area contributed by atoms with Crippen LogP contribution in [0.5, 0.6) is 0 Å². The first kappa shape index (κ1) is 13.1. The van der Waals surface area contributed by atoms with E-state index in [0.29, 0.717) is 5.56 Å².